The molecule has 0 aliphatic carbocycles. The molecule has 0 aliphatic rings. The Morgan fingerprint density at radius 1 is 0.600 bits per heavy atom. The second kappa shape index (κ2) is 8.01. The van der Waals surface area contributed by atoms with Crippen molar-refractivity contribution >= 4 is 5.78 Å². The SMILES string of the molecule is O=C(c1ccccc1)c1ccc(Oc2ccc(-c3ccccc3O)c(O)c2)cc1O. The van der Waals surface area contributed by atoms with Crippen LogP contribution in [0.5, 0.6) is 28.7 Å². The maximum absolute atomic E-state index is 12.5. The van der Waals surface area contributed by atoms with E-state index >= 15 is 0 Å². The van der Waals surface area contributed by atoms with E-state index in [1.54, 1.807) is 66.7 Å². The van der Waals surface area contributed by atoms with Gasteiger partial charge in [-0.25, -0.2) is 0 Å². The van der Waals surface area contributed by atoms with Crippen LogP contribution in [0.2, 0.25) is 0 Å². The van der Waals surface area contributed by atoms with Crippen LogP contribution in [0.25, 0.3) is 11.1 Å². The number of para-hydroxylation sites is 1. The molecule has 148 valence electrons. The summed E-state index contributed by atoms with van der Waals surface area (Å²) in [5.41, 5.74) is 1.62. The molecule has 4 aromatic rings. The number of benzene rings is 4. The Kier molecular flexibility index (Phi) is 5.09. The molecule has 0 amide bonds. The van der Waals surface area contributed by atoms with Gasteiger partial charge in [0, 0.05) is 28.8 Å². The monoisotopic (exact) mass is 398 g/mol. The third-order valence-electron chi connectivity index (χ3n) is 4.65. The van der Waals surface area contributed by atoms with Gasteiger partial charge in [0.1, 0.15) is 28.7 Å². The van der Waals surface area contributed by atoms with Crippen LogP contribution in [0.15, 0.2) is 91.0 Å². The topological polar surface area (TPSA) is 87.0 Å². The van der Waals surface area contributed by atoms with Crippen molar-refractivity contribution in [1.29, 1.82) is 0 Å². The van der Waals surface area contributed by atoms with Gasteiger partial charge >= 0.3 is 0 Å². The van der Waals surface area contributed by atoms with Crippen LogP contribution >= 0.6 is 0 Å². The molecule has 0 fully saturated rings. The van der Waals surface area contributed by atoms with Crippen molar-refractivity contribution in [2.45, 2.75) is 0 Å². The maximum atomic E-state index is 12.5. The van der Waals surface area contributed by atoms with Gasteiger partial charge in [-0.1, -0.05) is 48.5 Å². The van der Waals surface area contributed by atoms with Crippen molar-refractivity contribution in [2.24, 2.45) is 0 Å². The molecule has 0 atom stereocenters. The molecule has 5 heteroatoms. The summed E-state index contributed by atoms with van der Waals surface area (Å²) in [5.74, 6) is 0.167. The van der Waals surface area contributed by atoms with Gasteiger partial charge in [0.2, 0.25) is 0 Å². The van der Waals surface area contributed by atoms with Gasteiger partial charge in [-0.15, -0.1) is 0 Å². The second-order valence-electron chi connectivity index (χ2n) is 6.67. The number of hydrogen-bond donors (Lipinski definition) is 3. The van der Waals surface area contributed by atoms with Crippen LogP contribution in [0.3, 0.4) is 0 Å². The van der Waals surface area contributed by atoms with E-state index in [4.69, 9.17) is 4.74 Å². The van der Waals surface area contributed by atoms with Gasteiger partial charge in [0.05, 0.1) is 5.56 Å². The summed E-state index contributed by atoms with van der Waals surface area (Å²) in [4.78, 5) is 12.5. The van der Waals surface area contributed by atoms with E-state index in [9.17, 15) is 20.1 Å². The first-order chi connectivity index (χ1) is 14.5. The maximum Gasteiger partial charge on any atom is 0.196 e. The molecule has 0 unspecified atom stereocenters. The Bertz CT molecular complexity index is 1220. The smallest absolute Gasteiger partial charge is 0.196 e. The summed E-state index contributed by atoms with van der Waals surface area (Å²) < 4.78 is 5.71. The summed E-state index contributed by atoms with van der Waals surface area (Å²) in [7, 11) is 0. The van der Waals surface area contributed by atoms with E-state index in [1.807, 2.05) is 6.07 Å². The third-order valence-corrected chi connectivity index (χ3v) is 4.65. The zero-order valence-electron chi connectivity index (χ0n) is 15.8. The minimum Gasteiger partial charge on any atom is -0.507 e. The second-order valence-corrected chi connectivity index (χ2v) is 6.67. The van der Waals surface area contributed by atoms with Crippen molar-refractivity contribution in [3.05, 3.63) is 102 Å². The molecule has 0 saturated heterocycles. The normalized spacial score (nSPS) is 10.5. The summed E-state index contributed by atoms with van der Waals surface area (Å²) >= 11 is 0. The molecule has 4 rings (SSSR count). The minimum atomic E-state index is -0.288. The first-order valence-corrected chi connectivity index (χ1v) is 9.25. The van der Waals surface area contributed by atoms with E-state index in [0.29, 0.717) is 28.2 Å². The average Bonchev–Trinajstić information content (AvgIpc) is 2.75. The third kappa shape index (κ3) is 3.82. The van der Waals surface area contributed by atoms with E-state index in [0.717, 1.165) is 0 Å². The highest BCUT2D eigenvalue weighted by atomic mass is 16.5. The Labute approximate surface area is 173 Å². The van der Waals surface area contributed by atoms with Crippen LogP contribution in [-0.4, -0.2) is 21.1 Å². The molecule has 5 nitrogen and oxygen atoms in total. The lowest BCUT2D eigenvalue weighted by Gasteiger charge is -2.11. The first-order valence-electron chi connectivity index (χ1n) is 9.25. The van der Waals surface area contributed by atoms with E-state index in [-0.39, 0.29) is 28.6 Å². The van der Waals surface area contributed by atoms with Gasteiger partial charge in [-0.05, 0) is 30.3 Å². The number of rotatable bonds is 5. The number of phenolic OH excluding ortho intramolecular Hbond substituents is 3. The van der Waals surface area contributed by atoms with Crippen molar-refractivity contribution < 1.29 is 24.9 Å². The molecule has 0 heterocycles. The highest BCUT2D eigenvalue weighted by Crippen LogP contribution is 2.38. The number of carbonyl (C=O) groups is 1. The van der Waals surface area contributed by atoms with Gasteiger partial charge < -0.3 is 20.1 Å². The van der Waals surface area contributed by atoms with Crippen LogP contribution < -0.4 is 4.74 Å². The van der Waals surface area contributed by atoms with Gasteiger partial charge in [0.15, 0.2) is 5.78 Å². The number of hydrogen-bond acceptors (Lipinski definition) is 5. The molecule has 3 N–H and O–H groups in total. The van der Waals surface area contributed by atoms with E-state index in [2.05, 4.69) is 0 Å². The van der Waals surface area contributed by atoms with Crippen molar-refractivity contribution in [3.63, 3.8) is 0 Å². The Morgan fingerprint density at radius 2 is 1.20 bits per heavy atom. The fourth-order valence-electron chi connectivity index (χ4n) is 3.15. The fraction of sp³-hybridized carbons (Fsp3) is 0. The van der Waals surface area contributed by atoms with Crippen molar-refractivity contribution in [1.82, 2.24) is 0 Å². The first kappa shape index (κ1) is 19.1. The van der Waals surface area contributed by atoms with Gasteiger partial charge in [-0.3, -0.25) is 4.79 Å². The van der Waals surface area contributed by atoms with E-state index in [1.165, 1.54) is 18.2 Å². The predicted octanol–water partition coefficient (Wildman–Crippen LogP) is 5.49. The zero-order valence-corrected chi connectivity index (χ0v) is 15.8. The lowest BCUT2D eigenvalue weighted by atomic mass is 10.0. The Morgan fingerprint density at radius 3 is 1.87 bits per heavy atom. The quantitative estimate of drug-likeness (QED) is 0.387. The van der Waals surface area contributed by atoms with Gasteiger partial charge in [-0.2, -0.15) is 0 Å². The molecule has 0 spiro atoms. The zero-order chi connectivity index (χ0) is 21.1. The molecule has 30 heavy (non-hydrogen) atoms. The van der Waals surface area contributed by atoms with Gasteiger partial charge in [0.25, 0.3) is 0 Å². The molecule has 0 aliphatic heterocycles. The summed E-state index contributed by atoms with van der Waals surface area (Å²) in [5, 5.41) is 30.6. The number of phenols is 3. The van der Waals surface area contributed by atoms with E-state index < -0.39 is 0 Å². The molecular formula is C25H18O5. The number of carbonyl (C=O) groups excluding carboxylic acids is 1. The summed E-state index contributed by atoms with van der Waals surface area (Å²) in [6.07, 6.45) is 0. The molecule has 0 saturated carbocycles. The molecule has 0 aromatic heterocycles. The van der Waals surface area contributed by atoms with Crippen molar-refractivity contribution in [3.8, 4) is 39.9 Å². The number of aromatic hydroxyl groups is 3. The lowest BCUT2D eigenvalue weighted by molar-refractivity contribution is 0.103. The fourth-order valence-corrected chi connectivity index (χ4v) is 3.15. The molecule has 0 radical (unpaired) electrons. The Balaban J connectivity index is 1.56. The standard InChI is InChI=1S/C25H18O5/c26-22-9-5-4-8-19(22)20-12-10-17(14-23(20)27)30-18-11-13-21(24(28)15-18)25(29)16-6-2-1-3-7-16/h1-15,26-28H. The number of ether oxygens (including phenoxy) is 1. The minimum absolute atomic E-state index is 0.0602. The molecule has 4 aromatic carbocycles. The Hall–Kier alpha value is -4.25. The summed E-state index contributed by atoms with van der Waals surface area (Å²) in [6, 6.07) is 24.5. The predicted molar refractivity (Wildman–Crippen MR) is 113 cm³/mol. The molecule has 0 bridgehead atoms. The summed E-state index contributed by atoms with van der Waals surface area (Å²) in [6.45, 7) is 0. The highest BCUT2D eigenvalue weighted by Gasteiger charge is 2.15. The average molecular weight is 398 g/mol. The number of ketones is 1. The molecular weight excluding hydrogens is 380 g/mol. The van der Waals surface area contributed by atoms with Crippen LogP contribution in [0.4, 0.5) is 0 Å². The van der Waals surface area contributed by atoms with Crippen molar-refractivity contribution in [2.75, 3.05) is 0 Å². The van der Waals surface area contributed by atoms with Crippen LogP contribution in [-0.2, 0) is 0 Å². The van der Waals surface area contributed by atoms with Crippen LogP contribution in [0.1, 0.15) is 15.9 Å². The lowest BCUT2D eigenvalue weighted by Crippen LogP contribution is -2.01. The van der Waals surface area contributed by atoms with Crippen LogP contribution in [0, 0.1) is 0 Å². The highest BCUT2D eigenvalue weighted by molar-refractivity contribution is 6.10. The largest absolute Gasteiger partial charge is 0.507 e.